The Morgan fingerprint density at radius 2 is 1.78 bits per heavy atom. The van der Waals surface area contributed by atoms with Gasteiger partial charge in [0.2, 0.25) is 15.9 Å². The maximum atomic E-state index is 13.5. The van der Waals surface area contributed by atoms with E-state index in [9.17, 15) is 26.8 Å². The molecule has 0 fully saturated rings. The highest BCUT2D eigenvalue weighted by Gasteiger charge is 2.20. The van der Waals surface area contributed by atoms with E-state index in [-0.39, 0.29) is 37.0 Å². The van der Waals surface area contributed by atoms with Gasteiger partial charge in [-0.3, -0.25) is 13.9 Å². The van der Waals surface area contributed by atoms with Gasteiger partial charge in [0.05, 0.1) is 23.2 Å². The van der Waals surface area contributed by atoms with E-state index < -0.39 is 27.6 Å². The SMILES string of the molecule is CCC(C)NC(=O)c1ccccc1NC(=O)CCCN(c1ccc(F)c(F)c1)S(C)(=O)=O. The molecule has 2 aromatic carbocycles. The Morgan fingerprint density at radius 1 is 1.09 bits per heavy atom. The Bertz CT molecular complexity index is 1080. The Balaban J connectivity index is 2.03. The summed E-state index contributed by atoms with van der Waals surface area (Å²) in [6.45, 7) is 3.71. The van der Waals surface area contributed by atoms with E-state index in [0.29, 0.717) is 11.3 Å². The summed E-state index contributed by atoms with van der Waals surface area (Å²) in [5, 5.41) is 5.51. The van der Waals surface area contributed by atoms with Crippen molar-refractivity contribution < 1.29 is 26.8 Å². The van der Waals surface area contributed by atoms with E-state index in [2.05, 4.69) is 10.6 Å². The maximum Gasteiger partial charge on any atom is 0.253 e. The summed E-state index contributed by atoms with van der Waals surface area (Å²) in [6.07, 6.45) is 1.78. The summed E-state index contributed by atoms with van der Waals surface area (Å²) in [4.78, 5) is 24.9. The first kappa shape index (κ1) is 25.3. The average Bonchev–Trinajstić information content (AvgIpc) is 2.72. The molecule has 0 saturated heterocycles. The molecule has 7 nitrogen and oxygen atoms in total. The number of rotatable bonds is 10. The van der Waals surface area contributed by atoms with Crippen molar-refractivity contribution in [2.75, 3.05) is 22.4 Å². The Hall–Kier alpha value is -3.01. The van der Waals surface area contributed by atoms with Crippen molar-refractivity contribution in [3.05, 3.63) is 59.7 Å². The van der Waals surface area contributed by atoms with E-state index in [1.807, 2.05) is 13.8 Å². The zero-order valence-electron chi connectivity index (χ0n) is 18.2. The number of hydrogen-bond acceptors (Lipinski definition) is 4. The molecule has 2 aromatic rings. The second kappa shape index (κ2) is 11.0. The zero-order valence-corrected chi connectivity index (χ0v) is 19.0. The van der Waals surface area contributed by atoms with Crippen LogP contribution in [0.1, 0.15) is 43.5 Å². The van der Waals surface area contributed by atoms with Crippen LogP contribution >= 0.6 is 0 Å². The summed E-state index contributed by atoms with van der Waals surface area (Å²) >= 11 is 0. The van der Waals surface area contributed by atoms with Gasteiger partial charge in [0.25, 0.3) is 5.91 Å². The molecule has 10 heteroatoms. The van der Waals surface area contributed by atoms with Crippen molar-refractivity contribution in [3.63, 3.8) is 0 Å². The fourth-order valence-electron chi connectivity index (χ4n) is 2.92. The van der Waals surface area contributed by atoms with Gasteiger partial charge in [-0.25, -0.2) is 17.2 Å². The van der Waals surface area contributed by atoms with Crippen molar-refractivity contribution in [2.24, 2.45) is 0 Å². The number of benzene rings is 2. The third-order valence-electron chi connectivity index (χ3n) is 4.79. The summed E-state index contributed by atoms with van der Waals surface area (Å²) in [5.41, 5.74) is 0.637. The topological polar surface area (TPSA) is 95.6 Å². The first-order valence-electron chi connectivity index (χ1n) is 10.2. The largest absolute Gasteiger partial charge is 0.350 e. The number of anilines is 2. The highest BCUT2D eigenvalue weighted by atomic mass is 32.2. The third-order valence-corrected chi connectivity index (χ3v) is 5.99. The number of amides is 2. The minimum atomic E-state index is -3.78. The highest BCUT2D eigenvalue weighted by molar-refractivity contribution is 7.92. The van der Waals surface area contributed by atoms with Gasteiger partial charge >= 0.3 is 0 Å². The van der Waals surface area contributed by atoms with E-state index in [1.165, 1.54) is 0 Å². The lowest BCUT2D eigenvalue weighted by Crippen LogP contribution is -2.33. The average molecular weight is 468 g/mol. The van der Waals surface area contributed by atoms with Gasteiger partial charge in [0.15, 0.2) is 11.6 Å². The molecule has 1 unspecified atom stereocenters. The molecule has 0 saturated carbocycles. The molecule has 0 heterocycles. The van der Waals surface area contributed by atoms with Crippen LogP contribution in [-0.2, 0) is 14.8 Å². The van der Waals surface area contributed by atoms with Crippen molar-refractivity contribution in [3.8, 4) is 0 Å². The maximum absolute atomic E-state index is 13.5. The Labute approximate surface area is 186 Å². The number of sulfonamides is 1. The molecule has 0 bridgehead atoms. The molecule has 0 aliphatic heterocycles. The molecule has 0 aliphatic rings. The lowest BCUT2D eigenvalue weighted by Gasteiger charge is -2.22. The van der Waals surface area contributed by atoms with Gasteiger partial charge in [-0.05, 0) is 44.0 Å². The van der Waals surface area contributed by atoms with Crippen LogP contribution in [0.3, 0.4) is 0 Å². The van der Waals surface area contributed by atoms with Crippen LogP contribution in [0.15, 0.2) is 42.5 Å². The van der Waals surface area contributed by atoms with Crippen LogP contribution < -0.4 is 14.9 Å². The van der Waals surface area contributed by atoms with Crippen molar-refractivity contribution in [1.82, 2.24) is 5.32 Å². The zero-order chi connectivity index (χ0) is 23.9. The van der Waals surface area contributed by atoms with Crippen LogP contribution in [0.5, 0.6) is 0 Å². The molecule has 0 aromatic heterocycles. The van der Waals surface area contributed by atoms with Gasteiger partial charge in [-0.15, -0.1) is 0 Å². The molecule has 0 spiro atoms. The molecular weight excluding hydrogens is 440 g/mol. The van der Waals surface area contributed by atoms with Crippen LogP contribution in [0.25, 0.3) is 0 Å². The number of carbonyl (C=O) groups is 2. The lowest BCUT2D eigenvalue weighted by molar-refractivity contribution is -0.116. The predicted octanol–water partition coefficient (Wildman–Crippen LogP) is 3.68. The van der Waals surface area contributed by atoms with Crippen LogP contribution in [-0.4, -0.2) is 39.1 Å². The molecular formula is C22H27F2N3O4S. The molecule has 2 N–H and O–H groups in total. The minimum Gasteiger partial charge on any atom is -0.350 e. The van der Waals surface area contributed by atoms with Gasteiger partial charge in [0.1, 0.15) is 0 Å². The van der Waals surface area contributed by atoms with Crippen molar-refractivity contribution >= 4 is 33.2 Å². The number of para-hydroxylation sites is 1. The minimum absolute atomic E-state index is 0.0236. The standard InChI is InChI=1S/C22H27F2N3O4S/c1-4-15(2)25-22(29)17-8-5-6-9-20(17)26-21(28)10-7-13-27(32(3,30)31)16-11-12-18(23)19(24)14-16/h5-6,8-9,11-12,14-15H,4,7,10,13H2,1-3H3,(H,25,29)(H,26,28). The number of nitrogens with one attached hydrogen (secondary N) is 2. The molecule has 32 heavy (non-hydrogen) atoms. The normalized spacial score (nSPS) is 12.2. The molecule has 0 radical (unpaired) electrons. The fraction of sp³-hybridized carbons (Fsp3) is 0.364. The van der Waals surface area contributed by atoms with E-state index in [4.69, 9.17) is 0 Å². The monoisotopic (exact) mass is 467 g/mol. The Kier molecular flexibility index (Phi) is 8.71. The predicted molar refractivity (Wildman–Crippen MR) is 120 cm³/mol. The van der Waals surface area contributed by atoms with Gasteiger partial charge in [-0.2, -0.15) is 0 Å². The summed E-state index contributed by atoms with van der Waals surface area (Å²) < 4.78 is 51.8. The summed E-state index contributed by atoms with van der Waals surface area (Å²) in [5.74, 6) is -2.97. The Morgan fingerprint density at radius 3 is 2.41 bits per heavy atom. The van der Waals surface area contributed by atoms with Crippen LogP contribution in [0.4, 0.5) is 20.2 Å². The molecule has 1 atom stereocenters. The lowest BCUT2D eigenvalue weighted by atomic mass is 10.1. The van der Waals surface area contributed by atoms with Gasteiger partial charge in [0, 0.05) is 25.1 Å². The summed E-state index contributed by atoms with van der Waals surface area (Å²) in [6, 6.07) is 9.35. The smallest absolute Gasteiger partial charge is 0.253 e. The van der Waals surface area contributed by atoms with Crippen molar-refractivity contribution in [2.45, 2.75) is 39.2 Å². The quantitative estimate of drug-likeness (QED) is 0.557. The molecule has 2 rings (SSSR count). The number of nitrogens with zero attached hydrogens (tertiary/aromatic N) is 1. The highest BCUT2D eigenvalue weighted by Crippen LogP contribution is 2.21. The molecule has 2 amide bonds. The number of carbonyl (C=O) groups excluding carboxylic acids is 2. The first-order chi connectivity index (χ1) is 15.0. The van der Waals surface area contributed by atoms with E-state index in [1.54, 1.807) is 24.3 Å². The second-order valence-electron chi connectivity index (χ2n) is 7.41. The summed E-state index contributed by atoms with van der Waals surface area (Å²) in [7, 11) is -3.78. The second-order valence-corrected chi connectivity index (χ2v) is 9.32. The van der Waals surface area contributed by atoms with Crippen LogP contribution in [0, 0.1) is 11.6 Å². The van der Waals surface area contributed by atoms with Gasteiger partial charge < -0.3 is 10.6 Å². The van der Waals surface area contributed by atoms with Gasteiger partial charge in [-0.1, -0.05) is 19.1 Å². The first-order valence-corrected chi connectivity index (χ1v) is 12.0. The fourth-order valence-corrected chi connectivity index (χ4v) is 3.87. The third kappa shape index (κ3) is 7.01. The molecule has 0 aliphatic carbocycles. The van der Waals surface area contributed by atoms with Crippen LogP contribution in [0.2, 0.25) is 0 Å². The van der Waals surface area contributed by atoms with Crippen molar-refractivity contribution in [1.29, 1.82) is 0 Å². The van der Waals surface area contributed by atoms with E-state index >= 15 is 0 Å². The molecule has 174 valence electrons. The number of hydrogen-bond donors (Lipinski definition) is 2. The van der Waals surface area contributed by atoms with E-state index in [0.717, 1.165) is 35.2 Å². The number of halogens is 2.